The zero-order chi connectivity index (χ0) is 18.7. The number of nitrogens with one attached hydrogen (secondary N) is 2. The van der Waals surface area contributed by atoms with E-state index in [9.17, 15) is 14.4 Å². The number of thioether (sulfide) groups is 1. The van der Waals surface area contributed by atoms with Crippen molar-refractivity contribution in [1.29, 1.82) is 0 Å². The molecule has 0 bridgehead atoms. The monoisotopic (exact) mass is 366 g/mol. The van der Waals surface area contributed by atoms with Gasteiger partial charge in [0.1, 0.15) is 0 Å². The van der Waals surface area contributed by atoms with Crippen molar-refractivity contribution < 1.29 is 14.4 Å². The van der Waals surface area contributed by atoms with E-state index in [1.807, 2.05) is 0 Å². The smallest absolute Gasteiger partial charge is 0.238 e. The van der Waals surface area contributed by atoms with Crippen LogP contribution in [0.1, 0.15) is 18.4 Å². The van der Waals surface area contributed by atoms with E-state index < -0.39 is 0 Å². The van der Waals surface area contributed by atoms with Gasteiger partial charge in [0.15, 0.2) is 5.84 Å². The van der Waals surface area contributed by atoms with Gasteiger partial charge < -0.3 is 16.6 Å². The largest absolute Gasteiger partial charge is 0.326 e. The van der Waals surface area contributed by atoms with E-state index in [1.54, 1.807) is 30.5 Å². The van der Waals surface area contributed by atoms with Gasteiger partial charge in [0.05, 0.1) is 5.75 Å². The summed E-state index contributed by atoms with van der Waals surface area (Å²) in [6.45, 7) is 0.216. The Balaban J connectivity index is 2.46. The average molecular weight is 366 g/mol. The van der Waals surface area contributed by atoms with Crippen LogP contribution in [0.5, 0.6) is 0 Å². The number of hydrogen-bond donors (Lipinski definition) is 4. The molecule has 0 aromatic heterocycles. The fourth-order valence-corrected chi connectivity index (χ4v) is 2.40. The molecule has 0 atom stereocenters. The molecule has 1 rings (SSSR count). The highest BCUT2D eigenvalue weighted by molar-refractivity contribution is 7.99. The zero-order valence-corrected chi connectivity index (χ0v) is 14.7. The molecule has 0 fully saturated rings. The van der Waals surface area contributed by atoms with Gasteiger partial charge in [0.25, 0.3) is 0 Å². The van der Waals surface area contributed by atoms with Gasteiger partial charge >= 0.3 is 0 Å². The fourth-order valence-electron chi connectivity index (χ4n) is 1.98. The summed E-state index contributed by atoms with van der Waals surface area (Å²) in [6.07, 6.45) is 2.87. The first-order valence-electron chi connectivity index (χ1n) is 7.44. The van der Waals surface area contributed by atoms with E-state index >= 15 is 0 Å². The normalized spacial score (nSPS) is 10.9. The summed E-state index contributed by atoms with van der Waals surface area (Å²) in [5, 5.41) is 6.22. The first-order chi connectivity index (χ1) is 12.0. The van der Waals surface area contributed by atoms with Crippen LogP contribution in [-0.2, 0) is 14.4 Å². The van der Waals surface area contributed by atoms with Crippen molar-refractivity contribution in [2.75, 3.05) is 23.9 Å². The maximum atomic E-state index is 11.9. The van der Waals surface area contributed by atoms with Crippen molar-refractivity contribution in [3.8, 4) is 0 Å². The molecule has 9 nitrogen and oxygen atoms in total. The Labute approximate surface area is 150 Å². The van der Waals surface area contributed by atoms with Gasteiger partial charge in [0.2, 0.25) is 18.2 Å². The van der Waals surface area contributed by atoms with E-state index in [0.717, 1.165) is 4.90 Å². The molecule has 0 aliphatic heterocycles. The van der Waals surface area contributed by atoms with Crippen LogP contribution < -0.4 is 22.4 Å². The summed E-state index contributed by atoms with van der Waals surface area (Å²) in [6, 6.07) is 6.79. The number of carbonyl (C=O) groups excluding carboxylic acids is 3. The zero-order valence-electron chi connectivity index (χ0n) is 13.9. The van der Waals surface area contributed by atoms with E-state index in [1.165, 1.54) is 11.8 Å². The van der Waals surface area contributed by atoms with Crippen LogP contribution in [-0.4, -0.2) is 47.5 Å². The number of hydrazine groups is 1. The maximum Gasteiger partial charge on any atom is 0.238 e. The molecule has 136 valence electrons. The Morgan fingerprint density at radius 1 is 1.32 bits per heavy atom. The van der Waals surface area contributed by atoms with E-state index in [0.29, 0.717) is 29.9 Å². The van der Waals surface area contributed by atoms with Crippen LogP contribution in [0.3, 0.4) is 0 Å². The number of amidine groups is 1. The van der Waals surface area contributed by atoms with Gasteiger partial charge in [-0.2, -0.15) is 16.9 Å². The summed E-state index contributed by atoms with van der Waals surface area (Å²) in [7, 11) is 0. The van der Waals surface area contributed by atoms with Crippen molar-refractivity contribution >= 4 is 41.5 Å². The van der Waals surface area contributed by atoms with Gasteiger partial charge in [0, 0.05) is 24.2 Å². The highest BCUT2D eigenvalue weighted by atomic mass is 32.2. The molecule has 0 unspecified atom stereocenters. The lowest BCUT2D eigenvalue weighted by Gasteiger charge is -2.14. The molecule has 3 amide bonds. The topological polar surface area (TPSA) is 143 Å². The first-order valence-corrected chi connectivity index (χ1v) is 8.83. The predicted octanol–water partition coefficient (Wildman–Crippen LogP) is -0.163. The third-order valence-electron chi connectivity index (χ3n) is 3.23. The van der Waals surface area contributed by atoms with Gasteiger partial charge in [-0.15, -0.1) is 0 Å². The van der Waals surface area contributed by atoms with E-state index in [2.05, 4.69) is 15.8 Å². The van der Waals surface area contributed by atoms with Crippen LogP contribution in [0.2, 0.25) is 0 Å². The molecule has 0 aliphatic carbocycles. The molecule has 1 aromatic carbocycles. The molecular weight excluding hydrogens is 344 g/mol. The van der Waals surface area contributed by atoms with E-state index in [4.69, 9.17) is 11.7 Å². The molecular formula is C15H22N6O3S. The number of amides is 3. The van der Waals surface area contributed by atoms with Gasteiger partial charge in [-0.3, -0.25) is 19.3 Å². The average Bonchev–Trinajstić information content (AvgIpc) is 2.61. The third kappa shape index (κ3) is 6.81. The van der Waals surface area contributed by atoms with Crippen molar-refractivity contribution in [2.45, 2.75) is 12.8 Å². The second-order valence-electron chi connectivity index (χ2n) is 4.98. The number of anilines is 1. The number of benzene rings is 1. The minimum absolute atomic E-state index is 0.193. The van der Waals surface area contributed by atoms with Gasteiger partial charge in [-0.1, -0.05) is 0 Å². The molecule has 6 N–H and O–H groups in total. The third-order valence-corrected chi connectivity index (χ3v) is 3.76. The lowest BCUT2D eigenvalue weighted by Crippen LogP contribution is -2.32. The molecule has 0 spiro atoms. The molecule has 10 heteroatoms. The van der Waals surface area contributed by atoms with Crippen LogP contribution in [0, 0.1) is 0 Å². The SMILES string of the molecule is CSCC(=O)N(C=O)CCCC(=O)Nc1ccc(/C(=N/N)NN)cc1. The number of nitrogens with two attached hydrogens (primary N) is 2. The number of hydrazone groups is 1. The number of carbonyl (C=O) groups is 3. The number of imide groups is 1. The molecule has 0 radical (unpaired) electrons. The Morgan fingerprint density at radius 2 is 2.00 bits per heavy atom. The summed E-state index contributed by atoms with van der Waals surface area (Å²) < 4.78 is 0. The van der Waals surface area contributed by atoms with Crippen molar-refractivity contribution in [3.05, 3.63) is 29.8 Å². The van der Waals surface area contributed by atoms with Crippen LogP contribution >= 0.6 is 11.8 Å². The number of nitrogens with zero attached hydrogens (tertiary/aromatic N) is 2. The molecule has 0 saturated heterocycles. The number of hydrogen-bond acceptors (Lipinski definition) is 7. The number of rotatable bonds is 9. The summed E-state index contributed by atoms with van der Waals surface area (Å²) in [4.78, 5) is 35.5. The molecule has 1 aromatic rings. The Hall–Kier alpha value is -2.59. The van der Waals surface area contributed by atoms with Crippen molar-refractivity contribution in [1.82, 2.24) is 10.3 Å². The summed E-state index contributed by atoms with van der Waals surface area (Å²) in [5.74, 6) is 10.6. The standard InChI is InChI=1S/C15H22N6O3S/c1-25-9-14(24)21(10-22)8-2-3-13(23)18-12-6-4-11(5-7-12)15(19-16)20-17/h4-7,10H,2-3,8-9,16-17H2,1H3,(H,18,23)(H,19,20). The quantitative estimate of drug-likeness (QED) is 0.156. The molecule has 0 aliphatic rings. The second-order valence-corrected chi connectivity index (χ2v) is 5.84. The highest BCUT2D eigenvalue weighted by Gasteiger charge is 2.12. The second kappa shape index (κ2) is 11.0. The Bertz CT molecular complexity index is 620. The molecule has 25 heavy (non-hydrogen) atoms. The van der Waals surface area contributed by atoms with Crippen LogP contribution in [0.15, 0.2) is 29.4 Å². The highest BCUT2D eigenvalue weighted by Crippen LogP contribution is 2.10. The fraction of sp³-hybridized carbons (Fsp3) is 0.333. The van der Waals surface area contributed by atoms with E-state index in [-0.39, 0.29) is 30.5 Å². The Morgan fingerprint density at radius 3 is 2.52 bits per heavy atom. The van der Waals surface area contributed by atoms with Crippen molar-refractivity contribution in [3.63, 3.8) is 0 Å². The lowest BCUT2D eigenvalue weighted by molar-refractivity contribution is -0.136. The minimum atomic E-state index is -0.260. The maximum absolute atomic E-state index is 11.9. The first kappa shape index (κ1) is 20.5. The predicted molar refractivity (Wildman–Crippen MR) is 98.5 cm³/mol. The van der Waals surface area contributed by atoms with Crippen LogP contribution in [0.4, 0.5) is 5.69 Å². The molecule has 0 saturated carbocycles. The van der Waals surface area contributed by atoms with Crippen LogP contribution in [0.25, 0.3) is 0 Å². The Kier molecular flexibility index (Phi) is 9.04. The summed E-state index contributed by atoms with van der Waals surface area (Å²) in [5.41, 5.74) is 3.65. The molecule has 0 heterocycles. The van der Waals surface area contributed by atoms with Crippen molar-refractivity contribution in [2.24, 2.45) is 16.8 Å². The summed E-state index contributed by atoms with van der Waals surface area (Å²) >= 11 is 1.34. The lowest BCUT2D eigenvalue weighted by atomic mass is 10.2. The van der Waals surface area contributed by atoms with Gasteiger partial charge in [-0.25, -0.2) is 5.84 Å². The van der Waals surface area contributed by atoms with Gasteiger partial charge in [-0.05, 0) is 36.9 Å². The minimum Gasteiger partial charge on any atom is -0.326 e.